The third-order valence-electron chi connectivity index (χ3n) is 5.64. The first kappa shape index (κ1) is 19.8. The van der Waals surface area contributed by atoms with Gasteiger partial charge in [0.2, 0.25) is 5.90 Å². The van der Waals surface area contributed by atoms with Crippen LogP contribution in [0.25, 0.3) is 0 Å². The van der Waals surface area contributed by atoms with E-state index in [1.54, 1.807) is 0 Å². The molecule has 9 heteroatoms. The van der Waals surface area contributed by atoms with Crippen LogP contribution in [0.1, 0.15) is 42.0 Å². The molecule has 156 valence electrons. The molecule has 0 aromatic heterocycles. The zero-order valence-corrected chi connectivity index (χ0v) is 17.3. The van der Waals surface area contributed by atoms with Gasteiger partial charge < -0.3 is 15.8 Å². The summed E-state index contributed by atoms with van der Waals surface area (Å²) in [6, 6.07) is 1.45. The Bertz CT molecular complexity index is 982. The van der Waals surface area contributed by atoms with Gasteiger partial charge in [-0.2, -0.15) is 0 Å². The molecule has 1 heterocycles. The molecule has 1 aromatic carbocycles. The summed E-state index contributed by atoms with van der Waals surface area (Å²) in [5.41, 5.74) is 11.1. The molecule has 0 spiro atoms. The Morgan fingerprint density at radius 3 is 2.41 bits per heavy atom. The molecule has 0 radical (unpaired) electrons. The van der Waals surface area contributed by atoms with Crippen molar-refractivity contribution in [3.8, 4) is 0 Å². The maximum Gasteiger partial charge on any atom is 0.333 e. The van der Waals surface area contributed by atoms with Crippen LogP contribution >= 0.6 is 0 Å². The number of aliphatic imine (C=N–C) groups is 1. The molecular weight excluding hydrogens is 392 g/mol. The lowest BCUT2D eigenvalue weighted by Crippen LogP contribution is -2.38. The van der Waals surface area contributed by atoms with Crippen molar-refractivity contribution in [1.29, 1.82) is 0 Å². The van der Waals surface area contributed by atoms with E-state index in [0.717, 1.165) is 61.5 Å². The molecular formula is C20H26N4O4S. The first-order valence-corrected chi connectivity index (χ1v) is 11.5. The van der Waals surface area contributed by atoms with Gasteiger partial charge in [-0.05, 0) is 60.8 Å². The number of ether oxygens (including phenoxy) is 1. The van der Waals surface area contributed by atoms with Gasteiger partial charge in [-0.1, -0.05) is 13.0 Å². The van der Waals surface area contributed by atoms with Crippen LogP contribution in [-0.4, -0.2) is 33.5 Å². The number of carbonyl (C=O) groups excluding carboxylic acids is 1. The van der Waals surface area contributed by atoms with Crippen molar-refractivity contribution in [2.24, 2.45) is 16.6 Å². The molecule has 0 unspecified atom stereocenters. The van der Waals surface area contributed by atoms with Gasteiger partial charge in [0.1, 0.15) is 0 Å². The van der Waals surface area contributed by atoms with E-state index in [1.807, 2.05) is 6.92 Å². The first-order valence-electron chi connectivity index (χ1n) is 9.99. The summed E-state index contributed by atoms with van der Waals surface area (Å²) in [7, 11) is -4.22. The topological polar surface area (TPSA) is 123 Å². The van der Waals surface area contributed by atoms with E-state index in [9.17, 15) is 13.2 Å². The maximum absolute atomic E-state index is 12.7. The van der Waals surface area contributed by atoms with Gasteiger partial charge in [-0.3, -0.25) is 4.99 Å². The van der Waals surface area contributed by atoms with Crippen LogP contribution in [-0.2, 0) is 40.4 Å². The number of nitrogens with one attached hydrogen (secondary N) is 2. The summed E-state index contributed by atoms with van der Waals surface area (Å²) in [4.78, 5) is 16.4. The zero-order chi connectivity index (χ0) is 20.6. The van der Waals surface area contributed by atoms with Gasteiger partial charge in [0.25, 0.3) is 10.0 Å². The standard InChI is InChI=1S/C20H26N4O4S/c1-12-10-22-19(28-11-12)17(9-21)29(26,27)24-20(25)23-18-15-6-2-4-13(15)8-14-5-3-7-16(14)18/h8-9,12H,2-7,10-11,21H2,1H3,(H2,23,24,25)/t12-/m0/s1. The van der Waals surface area contributed by atoms with Crippen molar-refractivity contribution in [2.45, 2.75) is 45.4 Å². The minimum absolute atomic E-state index is 0.0626. The Morgan fingerprint density at radius 2 is 1.86 bits per heavy atom. The Hall–Kier alpha value is -2.55. The number of anilines is 1. The Balaban J connectivity index is 1.55. The summed E-state index contributed by atoms with van der Waals surface area (Å²) in [5.74, 6) is 0.131. The molecule has 1 aliphatic heterocycles. The molecule has 1 aromatic rings. The highest BCUT2D eigenvalue weighted by Crippen LogP contribution is 2.38. The second kappa shape index (κ2) is 7.70. The second-order valence-electron chi connectivity index (χ2n) is 7.89. The van der Waals surface area contributed by atoms with Crippen LogP contribution in [0.5, 0.6) is 0 Å². The highest BCUT2D eigenvalue weighted by Gasteiger charge is 2.30. The fraction of sp³-hybridized carbons (Fsp3) is 0.500. The number of fused-ring (bicyclic) bond motifs is 2. The van der Waals surface area contributed by atoms with E-state index in [4.69, 9.17) is 10.5 Å². The van der Waals surface area contributed by atoms with E-state index in [-0.39, 0.29) is 16.7 Å². The Labute approximate surface area is 170 Å². The summed E-state index contributed by atoms with van der Waals surface area (Å²) >= 11 is 0. The predicted octanol–water partition coefficient (Wildman–Crippen LogP) is 1.98. The van der Waals surface area contributed by atoms with Crippen LogP contribution in [0.2, 0.25) is 0 Å². The number of rotatable bonds is 4. The second-order valence-corrected chi connectivity index (χ2v) is 9.54. The van der Waals surface area contributed by atoms with Crippen molar-refractivity contribution in [3.63, 3.8) is 0 Å². The number of benzene rings is 1. The molecule has 4 N–H and O–H groups in total. The highest BCUT2D eigenvalue weighted by atomic mass is 32.2. The molecule has 0 fully saturated rings. The Kier molecular flexibility index (Phi) is 5.24. The average Bonchev–Trinajstić information content (AvgIpc) is 3.32. The van der Waals surface area contributed by atoms with Crippen molar-refractivity contribution in [2.75, 3.05) is 18.5 Å². The lowest BCUT2D eigenvalue weighted by Gasteiger charge is -2.21. The van der Waals surface area contributed by atoms with Crippen molar-refractivity contribution >= 4 is 27.6 Å². The summed E-state index contributed by atoms with van der Waals surface area (Å²) in [6.45, 7) is 2.74. The van der Waals surface area contributed by atoms with E-state index in [1.165, 1.54) is 11.1 Å². The van der Waals surface area contributed by atoms with E-state index in [0.29, 0.717) is 13.2 Å². The quantitative estimate of drug-likeness (QED) is 0.690. The minimum atomic E-state index is -4.22. The van der Waals surface area contributed by atoms with Gasteiger partial charge in [-0.25, -0.2) is 17.9 Å². The molecule has 2 amide bonds. The van der Waals surface area contributed by atoms with Crippen molar-refractivity contribution in [3.05, 3.63) is 39.4 Å². The van der Waals surface area contributed by atoms with Gasteiger partial charge in [0.15, 0.2) is 4.91 Å². The van der Waals surface area contributed by atoms with E-state index in [2.05, 4.69) is 21.1 Å². The highest BCUT2D eigenvalue weighted by molar-refractivity contribution is 7.94. The summed E-state index contributed by atoms with van der Waals surface area (Å²) < 4.78 is 32.9. The van der Waals surface area contributed by atoms with Crippen LogP contribution in [0.15, 0.2) is 22.2 Å². The average molecular weight is 419 g/mol. The van der Waals surface area contributed by atoms with Crippen LogP contribution in [0.4, 0.5) is 10.5 Å². The molecule has 3 aliphatic rings. The number of nitrogens with two attached hydrogens (primary N) is 1. The molecule has 4 rings (SSSR count). The van der Waals surface area contributed by atoms with Crippen molar-refractivity contribution < 1.29 is 17.9 Å². The molecule has 0 saturated heterocycles. The van der Waals surface area contributed by atoms with Gasteiger partial charge in [-0.15, -0.1) is 0 Å². The number of carbonyl (C=O) groups is 1. The monoisotopic (exact) mass is 418 g/mol. The first-order chi connectivity index (χ1) is 13.9. The van der Waals surface area contributed by atoms with Gasteiger partial charge >= 0.3 is 6.03 Å². The number of urea groups is 1. The third kappa shape index (κ3) is 3.83. The Morgan fingerprint density at radius 1 is 1.21 bits per heavy atom. The predicted molar refractivity (Wildman–Crippen MR) is 111 cm³/mol. The largest absolute Gasteiger partial charge is 0.477 e. The fourth-order valence-electron chi connectivity index (χ4n) is 4.27. The van der Waals surface area contributed by atoms with Crippen molar-refractivity contribution in [1.82, 2.24) is 4.72 Å². The number of nitrogens with zero attached hydrogens (tertiary/aromatic N) is 1. The number of hydrogen-bond donors (Lipinski definition) is 3. The normalized spacial score (nSPS) is 21.1. The maximum atomic E-state index is 12.7. The smallest absolute Gasteiger partial charge is 0.333 e. The molecule has 8 nitrogen and oxygen atoms in total. The molecule has 29 heavy (non-hydrogen) atoms. The molecule has 0 bridgehead atoms. The number of hydrogen-bond acceptors (Lipinski definition) is 6. The number of amides is 2. The SMILES string of the molecule is C[C@H]1CN=C(C(=CN)S(=O)(=O)NC(=O)Nc2c3c(cc4c2CCC4)CCC3)OC1. The van der Waals surface area contributed by atoms with E-state index < -0.39 is 16.1 Å². The molecule has 2 aliphatic carbocycles. The summed E-state index contributed by atoms with van der Waals surface area (Å²) in [6.07, 6.45) is 6.76. The van der Waals surface area contributed by atoms with Gasteiger partial charge in [0, 0.05) is 24.4 Å². The minimum Gasteiger partial charge on any atom is -0.477 e. The molecule has 0 saturated carbocycles. The lowest BCUT2D eigenvalue weighted by molar-refractivity contribution is 0.233. The fourth-order valence-corrected chi connectivity index (χ4v) is 5.20. The van der Waals surface area contributed by atoms with Crippen LogP contribution in [0.3, 0.4) is 0 Å². The third-order valence-corrected chi connectivity index (χ3v) is 6.99. The molecule has 1 atom stereocenters. The van der Waals surface area contributed by atoms with Crippen LogP contribution in [0, 0.1) is 5.92 Å². The van der Waals surface area contributed by atoms with E-state index >= 15 is 0 Å². The van der Waals surface area contributed by atoms with Gasteiger partial charge in [0.05, 0.1) is 6.61 Å². The van der Waals surface area contributed by atoms with Crippen LogP contribution < -0.4 is 15.8 Å². The number of aryl methyl sites for hydroxylation is 2. The summed E-state index contributed by atoms with van der Waals surface area (Å²) in [5, 5.41) is 2.81. The number of sulfonamides is 1. The zero-order valence-electron chi connectivity index (χ0n) is 16.5. The lowest BCUT2D eigenvalue weighted by atomic mass is 9.99.